The van der Waals surface area contributed by atoms with Crippen molar-refractivity contribution < 1.29 is 4.42 Å². The van der Waals surface area contributed by atoms with E-state index in [-0.39, 0.29) is 5.92 Å². The molecule has 26 heavy (non-hydrogen) atoms. The van der Waals surface area contributed by atoms with Gasteiger partial charge < -0.3 is 4.42 Å². The highest BCUT2D eigenvalue weighted by Crippen LogP contribution is 2.34. The molecule has 0 saturated heterocycles. The number of aromatic nitrogens is 2. The maximum Gasteiger partial charge on any atom is 0.231 e. The summed E-state index contributed by atoms with van der Waals surface area (Å²) in [4.78, 5) is 9.68. The zero-order valence-electron chi connectivity index (χ0n) is 14.7. The first-order chi connectivity index (χ1) is 12.7. The minimum atomic E-state index is 0.278. The molecule has 126 valence electrons. The molecular weight excluding hydrogens is 320 g/mol. The molecule has 0 unspecified atom stereocenters. The minimum Gasteiger partial charge on any atom is -0.438 e. The van der Waals surface area contributed by atoms with Crippen LogP contribution in [0.5, 0.6) is 0 Å². The van der Waals surface area contributed by atoms with Crippen LogP contribution in [0.15, 0.2) is 71.1 Å². The monoisotopic (exact) mass is 338 g/mol. The summed E-state index contributed by atoms with van der Waals surface area (Å²) in [5.41, 5.74) is 3.55. The number of nitrogens with zero attached hydrogens (tertiary/aromatic N) is 2. The third kappa shape index (κ3) is 2.28. The number of fused-ring (bicyclic) bond motifs is 4. The Morgan fingerprint density at radius 1 is 0.808 bits per heavy atom. The minimum absolute atomic E-state index is 0.278. The average Bonchev–Trinajstić information content (AvgIpc) is 3.05. The van der Waals surface area contributed by atoms with E-state index < -0.39 is 0 Å². The summed E-state index contributed by atoms with van der Waals surface area (Å²) in [6.07, 6.45) is 0. The molecule has 0 saturated carbocycles. The summed E-state index contributed by atoms with van der Waals surface area (Å²) in [7, 11) is 0. The fourth-order valence-electron chi connectivity index (χ4n) is 3.53. The normalized spacial score (nSPS) is 11.8. The standard InChI is InChI=1S/C23H18N2O/c1-14(2)21-20-18-9-5-6-10-19(18)26-23(20)25-22(24-21)17-12-11-15-7-3-4-8-16(15)13-17/h3-14H,1-2H3. The van der Waals surface area contributed by atoms with Crippen molar-refractivity contribution in [3.8, 4) is 11.4 Å². The van der Waals surface area contributed by atoms with E-state index in [9.17, 15) is 0 Å². The molecule has 0 N–H and O–H groups in total. The largest absolute Gasteiger partial charge is 0.438 e. The van der Waals surface area contributed by atoms with Gasteiger partial charge in [0.15, 0.2) is 5.82 Å². The third-order valence-corrected chi connectivity index (χ3v) is 4.82. The van der Waals surface area contributed by atoms with E-state index in [1.165, 1.54) is 10.8 Å². The Labute approximate surface area is 151 Å². The van der Waals surface area contributed by atoms with Crippen LogP contribution in [0.4, 0.5) is 0 Å². The number of rotatable bonds is 2. The lowest BCUT2D eigenvalue weighted by molar-refractivity contribution is 0.651. The summed E-state index contributed by atoms with van der Waals surface area (Å²) in [5, 5.41) is 4.51. The average molecular weight is 338 g/mol. The van der Waals surface area contributed by atoms with E-state index >= 15 is 0 Å². The van der Waals surface area contributed by atoms with Crippen molar-refractivity contribution in [2.24, 2.45) is 0 Å². The number of hydrogen-bond acceptors (Lipinski definition) is 3. The number of para-hydroxylation sites is 1. The van der Waals surface area contributed by atoms with Crippen molar-refractivity contribution in [3.63, 3.8) is 0 Å². The Balaban J connectivity index is 1.81. The van der Waals surface area contributed by atoms with Crippen LogP contribution in [-0.4, -0.2) is 9.97 Å². The highest BCUT2D eigenvalue weighted by atomic mass is 16.3. The maximum absolute atomic E-state index is 6.04. The van der Waals surface area contributed by atoms with Crippen LogP contribution in [0.1, 0.15) is 25.5 Å². The van der Waals surface area contributed by atoms with Gasteiger partial charge in [0, 0.05) is 10.9 Å². The van der Waals surface area contributed by atoms with Crippen LogP contribution >= 0.6 is 0 Å². The predicted molar refractivity (Wildman–Crippen MR) is 106 cm³/mol. The Kier molecular flexibility index (Phi) is 3.29. The molecule has 3 nitrogen and oxygen atoms in total. The fraction of sp³-hybridized carbons (Fsp3) is 0.130. The van der Waals surface area contributed by atoms with Crippen molar-refractivity contribution in [2.75, 3.05) is 0 Å². The first kappa shape index (κ1) is 15.1. The molecule has 3 aromatic carbocycles. The van der Waals surface area contributed by atoms with Crippen LogP contribution in [0.2, 0.25) is 0 Å². The van der Waals surface area contributed by atoms with Gasteiger partial charge in [0.05, 0.1) is 11.1 Å². The van der Waals surface area contributed by atoms with Crippen molar-refractivity contribution in [1.29, 1.82) is 0 Å². The summed E-state index contributed by atoms with van der Waals surface area (Å²) < 4.78 is 6.04. The fourth-order valence-corrected chi connectivity index (χ4v) is 3.53. The Morgan fingerprint density at radius 3 is 2.42 bits per heavy atom. The van der Waals surface area contributed by atoms with E-state index in [0.717, 1.165) is 27.6 Å². The quantitative estimate of drug-likeness (QED) is 0.378. The molecule has 0 aliphatic rings. The molecule has 5 aromatic rings. The van der Waals surface area contributed by atoms with Gasteiger partial charge in [0.25, 0.3) is 0 Å². The van der Waals surface area contributed by atoms with Gasteiger partial charge in [0.2, 0.25) is 5.71 Å². The number of furan rings is 1. The molecular formula is C23H18N2O. The van der Waals surface area contributed by atoms with Crippen molar-refractivity contribution in [3.05, 3.63) is 72.4 Å². The van der Waals surface area contributed by atoms with E-state index in [0.29, 0.717) is 11.5 Å². The Bertz CT molecular complexity index is 1270. The molecule has 0 aliphatic heterocycles. The molecule has 5 rings (SSSR count). The predicted octanol–water partition coefficient (Wildman–Crippen LogP) is 6.32. The molecule has 0 fully saturated rings. The first-order valence-corrected chi connectivity index (χ1v) is 8.89. The molecule has 0 spiro atoms. The SMILES string of the molecule is CC(C)c1nc(-c2ccc3ccccc3c2)nc2oc3ccccc3c12. The van der Waals surface area contributed by atoms with E-state index in [4.69, 9.17) is 14.4 Å². The van der Waals surface area contributed by atoms with Gasteiger partial charge >= 0.3 is 0 Å². The molecule has 3 heteroatoms. The highest BCUT2D eigenvalue weighted by Gasteiger charge is 2.18. The summed E-state index contributed by atoms with van der Waals surface area (Å²) in [6, 6.07) is 22.7. The van der Waals surface area contributed by atoms with E-state index in [1.807, 2.05) is 18.2 Å². The summed E-state index contributed by atoms with van der Waals surface area (Å²) >= 11 is 0. The van der Waals surface area contributed by atoms with Gasteiger partial charge in [0.1, 0.15) is 5.58 Å². The van der Waals surface area contributed by atoms with Crippen molar-refractivity contribution in [1.82, 2.24) is 9.97 Å². The smallest absolute Gasteiger partial charge is 0.231 e. The molecule has 2 aromatic heterocycles. The van der Waals surface area contributed by atoms with Crippen LogP contribution in [0.3, 0.4) is 0 Å². The molecule has 0 amide bonds. The van der Waals surface area contributed by atoms with Gasteiger partial charge in [-0.05, 0) is 28.8 Å². The van der Waals surface area contributed by atoms with Crippen LogP contribution in [0, 0.1) is 0 Å². The zero-order valence-corrected chi connectivity index (χ0v) is 14.7. The summed E-state index contributed by atoms with van der Waals surface area (Å²) in [6.45, 7) is 4.32. The Morgan fingerprint density at radius 2 is 1.58 bits per heavy atom. The van der Waals surface area contributed by atoms with Gasteiger partial charge in [-0.25, -0.2) is 4.98 Å². The van der Waals surface area contributed by atoms with E-state index in [2.05, 4.69) is 62.4 Å². The lowest BCUT2D eigenvalue weighted by atomic mass is 10.0. The van der Waals surface area contributed by atoms with E-state index in [1.54, 1.807) is 0 Å². The first-order valence-electron chi connectivity index (χ1n) is 8.89. The topological polar surface area (TPSA) is 38.9 Å². The zero-order chi connectivity index (χ0) is 17.7. The molecule has 2 heterocycles. The van der Waals surface area contributed by atoms with Crippen molar-refractivity contribution in [2.45, 2.75) is 19.8 Å². The van der Waals surface area contributed by atoms with Gasteiger partial charge in [-0.2, -0.15) is 4.98 Å². The second kappa shape index (κ2) is 5.67. The third-order valence-electron chi connectivity index (χ3n) is 4.82. The molecule has 0 atom stereocenters. The molecule has 0 bridgehead atoms. The van der Waals surface area contributed by atoms with Gasteiger partial charge in [-0.3, -0.25) is 0 Å². The van der Waals surface area contributed by atoms with Gasteiger partial charge in [-0.15, -0.1) is 0 Å². The second-order valence-corrected chi connectivity index (χ2v) is 6.93. The van der Waals surface area contributed by atoms with Crippen molar-refractivity contribution >= 4 is 32.8 Å². The molecule has 0 radical (unpaired) electrons. The number of hydrogen-bond donors (Lipinski definition) is 0. The van der Waals surface area contributed by atoms with Crippen LogP contribution < -0.4 is 0 Å². The Hall–Kier alpha value is -3.20. The van der Waals surface area contributed by atoms with Crippen LogP contribution in [-0.2, 0) is 0 Å². The van der Waals surface area contributed by atoms with Crippen LogP contribution in [0.25, 0.3) is 44.2 Å². The number of benzene rings is 3. The van der Waals surface area contributed by atoms with Gasteiger partial charge in [-0.1, -0.05) is 68.4 Å². The lowest BCUT2D eigenvalue weighted by Gasteiger charge is -2.09. The second-order valence-electron chi connectivity index (χ2n) is 6.93. The summed E-state index contributed by atoms with van der Waals surface area (Å²) in [5.74, 6) is 0.992. The maximum atomic E-state index is 6.04. The highest BCUT2D eigenvalue weighted by molar-refractivity contribution is 6.05. The molecule has 0 aliphatic carbocycles. The lowest BCUT2D eigenvalue weighted by Crippen LogP contribution is -1.99.